The highest BCUT2D eigenvalue weighted by Gasteiger charge is 2.35. The lowest BCUT2D eigenvalue weighted by atomic mass is 10.0. The van der Waals surface area contributed by atoms with Gasteiger partial charge in [-0.3, -0.25) is 4.79 Å². The molecule has 0 heterocycles. The Morgan fingerprint density at radius 3 is 2.43 bits per heavy atom. The average molecular weight is 343 g/mol. The molecule has 1 aliphatic carbocycles. The third kappa shape index (κ3) is 4.75. The fourth-order valence-electron chi connectivity index (χ4n) is 2.45. The minimum atomic E-state index is -0.183. The molecule has 1 aliphatic rings. The summed E-state index contributed by atoms with van der Waals surface area (Å²) < 4.78 is 10.7. The van der Waals surface area contributed by atoms with Gasteiger partial charge >= 0.3 is 0 Å². The third-order valence-corrected chi connectivity index (χ3v) is 4.28. The molecular formula is C17H27ClN2O3. The largest absolute Gasteiger partial charge is 0.497 e. The Labute approximate surface area is 144 Å². The van der Waals surface area contributed by atoms with Gasteiger partial charge in [0.2, 0.25) is 5.91 Å². The van der Waals surface area contributed by atoms with Gasteiger partial charge in [-0.15, -0.1) is 12.4 Å². The first-order valence-corrected chi connectivity index (χ1v) is 7.75. The molecule has 1 amide bonds. The quantitative estimate of drug-likeness (QED) is 0.827. The Kier molecular flexibility index (Phi) is 7.16. The lowest BCUT2D eigenvalue weighted by Gasteiger charge is -2.28. The molecule has 1 saturated carbocycles. The summed E-state index contributed by atoms with van der Waals surface area (Å²) in [5.41, 5.74) is 6.86. The van der Waals surface area contributed by atoms with Crippen LogP contribution in [0.3, 0.4) is 0 Å². The van der Waals surface area contributed by atoms with Crippen molar-refractivity contribution in [3.63, 3.8) is 0 Å². The summed E-state index contributed by atoms with van der Waals surface area (Å²) in [4.78, 5) is 14.6. The zero-order chi connectivity index (χ0) is 16.3. The molecule has 2 rings (SSSR count). The molecule has 6 heteroatoms. The predicted octanol–water partition coefficient (Wildman–Crippen LogP) is 2.60. The van der Waals surface area contributed by atoms with E-state index in [-0.39, 0.29) is 30.3 Å². The summed E-state index contributed by atoms with van der Waals surface area (Å²) >= 11 is 0. The van der Waals surface area contributed by atoms with Crippen molar-refractivity contribution in [2.75, 3.05) is 14.2 Å². The van der Waals surface area contributed by atoms with E-state index >= 15 is 0 Å². The van der Waals surface area contributed by atoms with Crippen LogP contribution in [0, 0.1) is 5.92 Å². The van der Waals surface area contributed by atoms with Crippen molar-refractivity contribution in [3.8, 4) is 11.5 Å². The number of methoxy groups -OCH3 is 2. The Bertz CT molecular complexity index is 533. The number of carbonyl (C=O) groups is 1. The number of hydrogen-bond donors (Lipinski definition) is 1. The molecule has 0 aliphatic heterocycles. The number of rotatable bonds is 7. The van der Waals surface area contributed by atoms with Crippen LogP contribution < -0.4 is 15.2 Å². The molecule has 130 valence electrons. The SMILES string of the molecule is COc1ccc(OC)c(CN(C(=O)C(C)C(C)N)C2CC2)c1.Cl. The normalized spacial score (nSPS) is 16.0. The molecule has 1 aromatic carbocycles. The topological polar surface area (TPSA) is 64.8 Å². The molecule has 2 atom stereocenters. The molecule has 5 nitrogen and oxygen atoms in total. The van der Waals surface area contributed by atoms with E-state index in [9.17, 15) is 4.79 Å². The molecular weight excluding hydrogens is 316 g/mol. The summed E-state index contributed by atoms with van der Waals surface area (Å²) in [5, 5.41) is 0. The number of benzene rings is 1. The first-order chi connectivity index (χ1) is 10.5. The number of hydrogen-bond acceptors (Lipinski definition) is 4. The van der Waals surface area contributed by atoms with Crippen LogP contribution in [0.15, 0.2) is 18.2 Å². The maximum Gasteiger partial charge on any atom is 0.227 e. The highest BCUT2D eigenvalue weighted by molar-refractivity contribution is 5.85. The van der Waals surface area contributed by atoms with Crippen LogP contribution in [-0.4, -0.2) is 37.1 Å². The highest BCUT2D eigenvalue weighted by atomic mass is 35.5. The van der Waals surface area contributed by atoms with Gasteiger partial charge in [-0.25, -0.2) is 0 Å². The van der Waals surface area contributed by atoms with Gasteiger partial charge in [-0.05, 0) is 38.0 Å². The van der Waals surface area contributed by atoms with E-state index < -0.39 is 0 Å². The molecule has 0 aromatic heterocycles. The fraction of sp³-hybridized carbons (Fsp3) is 0.588. The number of carbonyl (C=O) groups excluding carboxylic acids is 1. The number of amides is 1. The molecule has 2 N–H and O–H groups in total. The standard InChI is InChI=1S/C17H26N2O3.ClH/c1-11(12(2)18)17(20)19(14-5-6-14)10-13-9-15(21-3)7-8-16(13)22-4;/h7-9,11-12,14H,5-6,10,18H2,1-4H3;1H. The van der Waals surface area contributed by atoms with Crippen molar-refractivity contribution in [1.82, 2.24) is 4.90 Å². The van der Waals surface area contributed by atoms with Crippen LogP contribution in [0.4, 0.5) is 0 Å². The Morgan fingerprint density at radius 1 is 1.30 bits per heavy atom. The van der Waals surface area contributed by atoms with Gasteiger partial charge in [0.25, 0.3) is 0 Å². The molecule has 0 spiro atoms. The van der Waals surface area contributed by atoms with Gasteiger partial charge in [0.1, 0.15) is 11.5 Å². The average Bonchev–Trinajstić information content (AvgIpc) is 3.35. The van der Waals surface area contributed by atoms with E-state index in [1.54, 1.807) is 14.2 Å². The second-order valence-corrected chi connectivity index (χ2v) is 6.02. The summed E-state index contributed by atoms with van der Waals surface area (Å²) in [7, 11) is 3.27. The van der Waals surface area contributed by atoms with Crippen LogP contribution >= 0.6 is 12.4 Å². The number of nitrogens with zero attached hydrogens (tertiary/aromatic N) is 1. The van der Waals surface area contributed by atoms with Crippen molar-refractivity contribution < 1.29 is 14.3 Å². The monoisotopic (exact) mass is 342 g/mol. The molecule has 0 bridgehead atoms. The Balaban J connectivity index is 0.00000264. The van der Waals surface area contributed by atoms with Gasteiger partial charge in [-0.1, -0.05) is 6.92 Å². The molecule has 0 saturated heterocycles. The zero-order valence-electron chi connectivity index (χ0n) is 14.2. The number of ether oxygens (including phenoxy) is 2. The molecule has 1 fully saturated rings. The highest BCUT2D eigenvalue weighted by Crippen LogP contribution is 2.33. The van der Waals surface area contributed by atoms with E-state index in [1.165, 1.54) is 0 Å². The summed E-state index contributed by atoms with van der Waals surface area (Å²) in [6.07, 6.45) is 2.12. The summed E-state index contributed by atoms with van der Waals surface area (Å²) in [5.74, 6) is 1.46. The Morgan fingerprint density at radius 2 is 1.96 bits per heavy atom. The molecule has 0 radical (unpaired) electrons. The fourth-order valence-corrected chi connectivity index (χ4v) is 2.45. The van der Waals surface area contributed by atoms with E-state index in [0.717, 1.165) is 29.9 Å². The van der Waals surface area contributed by atoms with Crippen molar-refractivity contribution in [1.29, 1.82) is 0 Å². The third-order valence-electron chi connectivity index (χ3n) is 4.28. The van der Waals surface area contributed by atoms with E-state index in [4.69, 9.17) is 15.2 Å². The molecule has 1 aromatic rings. The lowest BCUT2D eigenvalue weighted by molar-refractivity contribution is -0.136. The number of halogens is 1. The second-order valence-electron chi connectivity index (χ2n) is 6.02. The van der Waals surface area contributed by atoms with Crippen molar-refractivity contribution in [2.24, 2.45) is 11.7 Å². The molecule has 2 unspecified atom stereocenters. The van der Waals surface area contributed by atoms with E-state index in [0.29, 0.717) is 12.6 Å². The van der Waals surface area contributed by atoms with Crippen LogP contribution in [-0.2, 0) is 11.3 Å². The van der Waals surface area contributed by atoms with Crippen molar-refractivity contribution in [2.45, 2.75) is 45.3 Å². The van der Waals surface area contributed by atoms with E-state index in [2.05, 4.69) is 0 Å². The predicted molar refractivity (Wildman–Crippen MR) is 93.2 cm³/mol. The second kappa shape index (κ2) is 8.41. The maximum absolute atomic E-state index is 12.7. The van der Waals surface area contributed by atoms with E-state index in [1.807, 2.05) is 36.9 Å². The van der Waals surface area contributed by atoms with Gasteiger partial charge in [0.05, 0.1) is 20.1 Å². The van der Waals surface area contributed by atoms with Gasteiger partial charge < -0.3 is 20.1 Å². The zero-order valence-corrected chi connectivity index (χ0v) is 15.1. The van der Waals surface area contributed by atoms with Crippen LogP contribution in [0.2, 0.25) is 0 Å². The Hall–Kier alpha value is -1.46. The van der Waals surface area contributed by atoms with Gasteiger partial charge in [0.15, 0.2) is 0 Å². The van der Waals surface area contributed by atoms with Crippen molar-refractivity contribution in [3.05, 3.63) is 23.8 Å². The first kappa shape index (κ1) is 19.6. The number of nitrogens with two attached hydrogens (primary N) is 1. The maximum atomic E-state index is 12.7. The van der Waals surface area contributed by atoms with Gasteiger partial charge in [0, 0.05) is 24.2 Å². The molecule has 23 heavy (non-hydrogen) atoms. The lowest BCUT2D eigenvalue weighted by Crippen LogP contribution is -2.42. The van der Waals surface area contributed by atoms with Crippen LogP contribution in [0.5, 0.6) is 11.5 Å². The first-order valence-electron chi connectivity index (χ1n) is 7.75. The smallest absolute Gasteiger partial charge is 0.227 e. The minimum absolute atomic E-state index is 0. The van der Waals surface area contributed by atoms with Gasteiger partial charge in [-0.2, -0.15) is 0 Å². The van der Waals surface area contributed by atoms with Crippen LogP contribution in [0.25, 0.3) is 0 Å². The van der Waals surface area contributed by atoms with Crippen molar-refractivity contribution >= 4 is 18.3 Å². The summed E-state index contributed by atoms with van der Waals surface area (Å²) in [6.45, 7) is 4.30. The van der Waals surface area contributed by atoms with Crippen LogP contribution in [0.1, 0.15) is 32.3 Å². The minimum Gasteiger partial charge on any atom is -0.497 e. The summed E-state index contributed by atoms with van der Waals surface area (Å²) in [6, 6.07) is 5.83.